The number of nitrogens with zero attached hydrogens (tertiary/aromatic N) is 2. The first kappa shape index (κ1) is 18.8. The van der Waals surface area contributed by atoms with Crippen LogP contribution in [0.5, 0.6) is 0 Å². The number of aryl methyl sites for hydroxylation is 1. The number of halogens is 4. The molecular formula is C11H17BF4N2. The fourth-order valence-corrected chi connectivity index (χ4v) is 0.924. The van der Waals surface area contributed by atoms with E-state index in [9.17, 15) is 17.3 Å². The molecule has 1 aromatic heterocycles. The Morgan fingerprint density at radius 3 is 1.83 bits per heavy atom. The molecule has 0 radical (unpaired) electrons. The van der Waals surface area contributed by atoms with Gasteiger partial charge in [-0.25, -0.2) is 4.57 Å². The van der Waals surface area contributed by atoms with Crippen LogP contribution in [-0.2, 0) is 6.54 Å². The Labute approximate surface area is 105 Å². The quantitative estimate of drug-likeness (QED) is 0.465. The summed E-state index contributed by atoms with van der Waals surface area (Å²) in [5.41, 5.74) is 0. The second-order valence-electron chi connectivity index (χ2n) is 3.19. The number of unbranched alkanes of at least 4 members (excludes halogenated alkanes) is 1. The predicted molar refractivity (Wildman–Crippen MR) is 63.0 cm³/mol. The highest BCUT2D eigenvalue weighted by Crippen LogP contribution is 2.06. The molecule has 0 bridgehead atoms. The van der Waals surface area contributed by atoms with Crippen LogP contribution < -0.4 is 4.57 Å². The van der Waals surface area contributed by atoms with Gasteiger partial charge in [0.2, 0.25) is 0 Å². The van der Waals surface area contributed by atoms with Crippen molar-refractivity contribution >= 4 is 7.25 Å². The van der Waals surface area contributed by atoms with Gasteiger partial charge < -0.3 is 17.3 Å². The zero-order valence-corrected chi connectivity index (χ0v) is 10.5. The average molecular weight is 264 g/mol. The van der Waals surface area contributed by atoms with Crippen LogP contribution in [0, 0.1) is 11.3 Å². The summed E-state index contributed by atoms with van der Waals surface area (Å²) < 4.78 is 41.2. The number of hydrogen-bond acceptors (Lipinski definition) is 1. The number of rotatable bonds is 3. The van der Waals surface area contributed by atoms with E-state index in [0.717, 1.165) is 6.54 Å². The van der Waals surface area contributed by atoms with Crippen LogP contribution in [0.15, 0.2) is 30.6 Å². The third-order valence-electron chi connectivity index (χ3n) is 1.55. The van der Waals surface area contributed by atoms with Gasteiger partial charge in [-0.05, 0) is 0 Å². The minimum absolute atomic E-state index is 1.15. The molecule has 0 aliphatic carbocycles. The average Bonchev–Trinajstić information content (AvgIpc) is 2.27. The van der Waals surface area contributed by atoms with Gasteiger partial charge in [0.25, 0.3) is 0 Å². The molecule has 0 aliphatic rings. The Morgan fingerprint density at radius 1 is 1.11 bits per heavy atom. The number of pyridine rings is 1. The largest absolute Gasteiger partial charge is 0.673 e. The smallest absolute Gasteiger partial charge is 0.418 e. The van der Waals surface area contributed by atoms with Crippen LogP contribution in [-0.4, -0.2) is 7.25 Å². The fraction of sp³-hybridized carbons (Fsp3) is 0.455. The van der Waals surface area contributed by atoms with Gasteiger partial charge in [0.1, 0.15) is 6.54 Å². The lowest BCUT2D eigenvalue weighted by Gasteiger charge is -1.94. The molecular weight excluding hydrogens is 247 g/mol. The van der Waals surface area contributed by atoms with Crippen molar-refractivity contribution in [3.05, 3.63) is 30.6 Å². The van der Waals surface area contributed by atoms with E-state index >= 15 is 0 Å². The Balaban J connectivity index is 0. The highest BCUT2D eigenvalue weighted by atomic mass is 19.5. The molecule has 2 nitrogen and oxygen atoms in total. The monoisotopic (exact) mass is 264 g/mol. The van der Waals surface area contributed by atoms with Crippen LogP contribution in [0.4, 0.5) is 17.3 Å². The Hall–Kier alpha value is -1.58. The maximum atomic E-state index is 9.75. The fourth-order valence-electron chi connectivity index (χ4n) is 0.924. The molecule has 0 saturated carbocycles. The summed E-state index contributed by atoms with van der Waals surface area (Å²) in [7, 11) is -6.00. The molecule has 102 valence electrons. The maximum Gasteiger partial charge on any atom is 0.673 e. The SMILES string of the molecule is CC#N.CCCC[n+]1ccccc1.F[B-](F)(F)F. The molecule has 1 heterocycles. The molecule has 0 fully saturated rings. The van der Waals surface area contributed by atoms with E-state index in [-0.39, 0.29) is 0 Å². The lowest BCUT2D eigenvalue weighted by Crippen LogP contribution is -2.31. The zero-order chi connectivity index (χ0) is 14.4. The molecule has 1 rings (SSSR count). The van der Waals surface area contributed by atoms with E-state index in [1.165, 1.54) is 19.8 Å². The van der Waals surface area contributed by atoms with Crippen molar-refractivity contribution in [3.63, 3.8) is 0 Å². The number of aromatic nitrogens is 1. The summed E-state index contributed by atoms with van der Waals surface area (Å²) in [5.74, 6) is 0. The first-order valence-electron chi connectivity index (χ1n) is 5.47. The van der Waals surface area contributed by atoms with Gasteiger partial charge in [-0.1, -0.05) is 19.4 Å². The second-order valence-corrected chi connectivity index (χ2v) is 3.19. The molecule has 0 spiro atoms. The molecule has 18 heavy (non-hydrogen) atoms. The van der Waals surface area contributed by atoms with Crippen LogP contribution in [0.3, 0.4) is 0 Å². The molecule has 0 saturated heterocycles. The summed E-state index contributed by atoms with van der Waals surface area (Å²) in [6, 6.07) is 7.92. The van der Waals surface area contributed by atoms with Gasteiger partial charge in [-0.15, -0.1) is 0 Å². The molecule has 0 aliphatic heterocycles. The van der Waals surface area contributed by atoms with E-state index in [0.29, 0.717) is 0 Å². The van der Waals surface area contributed by atoms with Gasteiger partial charge in [0, 0.05) is 25.5 Å². The Bertz CT molecular complexity index is 316. The Kier molecular flexibility index (Phi) is 12.4. The van der Waals surface area contributed by atoms with Gasteiger partial charge in [0.05, 0.1) is 6.07 Å². The van der Waals surface area contributed by atoms with Crippen LogP contribution in [0.1, 0.15) is 26.7 Å². The molecule has 0 N–H and O–H groups in total. The summed E-state index contributed by atoms with van der Waals surface area (Å²) in [5, 5.41) is 7.32. The van der Waals surface area contributed by atoms with Crippen LogP contribution >= 0.6 is 0 Å². The topological polar surface area (TPSA) is 27.7 Å². The van der Waals surface area contributed by atoms with Gasteiger partial charge >= 0.3 is 7.25 Å². The van der Waals surface area contributed by atoms with E-state index in [1.807, 2.05) is 6.07 Å². The van der Waals surface area contributed by atoms with E-state index in [2.05, 4.69) is 36.0 Å². The molecule has 0 atom stereocenters. The third-order valence-corrected chi connectivity index (χ3v) is 1.55. The van der Waals surface area contributed by atoms with Crippen molar-refractivity contribution in [3.8, 4) is 6.07 Å². The van der Waals surface area contributed by atoms with Crippen molar-refractivity contribution < 1.29 is 21.8 Å². The summed E-state index contributed by atoms with van der Waals surface area (Å²) >= 11 is 0. The zero-order valence-electron chi connectivity index (χ0n) is 10.5. The van der Waals surface area contributed by atoms with Crippen molar-refractivity contribution in [2.24, 2.45) is 0 Å². The molecule has 0 unspecified atom stereocenters. The first-order valence-corrected chi connectivity index (χ1v) is 5.47. The van der Waals surface area contributed by atoms with E-state index in [4.69, 9.17) is 5.26 Å². The van der Waals surface area contributed by atoms with Crippen molar-refractivity contribution in [1.29, 1.82) is 5.26 Å². The lowest BCUT2D eigenvalue weighted by molar-refractivity contribution is -0.697. The summed E-state index contributed by atoms with van der Waals surface area (Å²) in [4.78, 5) is 0. The molecule has 7 heteroatoms. The van der Waals surface area contributed by atoms with Crippen molar-refractivity contribution in [2.45, 2.75) is 33.2 Å². The van der Waals surface area contributed by atoms with Crippen molar-refractivity contribution in [1.82, 2.24) is 0 Å². The molecule has 0 aromatic carbocycles. The normalized spacial score (nSPS) is 9.17. The van der Waals surface area contributed by atoms with E-state index < -0.39 is 7.25 Å². The first-order chi connectivity index (χ1) is 8.35. The molecule has 1 aromatic rings. The van der Waals surface area contributed by atoms with E-state index in [1.54, 1.807) is 6.07 Å². The van der Waals surface area contributed by atoms with Gasteiger partial charge in [0.15, 0.2) is 12.4 Å². The maximum absolute atomic E-state index is 9.75. The second kappa shape index (κ2) is 11.9. The lowest BCUT2D eigenvalue weighted by atomic mass is 10.3. The standard InChI is InChI=1S/C9H14N.C2H3N.BF4/c1-2-3-7-10-8-5-4-6-9-10;1-2-3;2-1(3,4)5/h4-6,8-9H,2-3,7H2,1H3;1H3;/q+1;;-1. The number of nitriles is 1. The predicted octanol–water partition coefficient (Wildman–Crippen LogP) is 3.60. The highest BCUT2D eigenvalue weighted by molar-refractivity contribution is 6.50. The summed E-state index contributed by atoms with van der Waals surface area (Å²) in [6.07, 6.45) is 6.75. The minimum atomic E-state index is -6.00. The van der Waals surface area contributed by atoms with Gasteiger partial charge in [-0.2, -0.15) is 5.26 Å². The Morgan fingerprint density at radius 2 is 1.50 bits per heavy atom. The minimum Gasteiger partial charge on any atom is -0.418 e. The van der Waals surface area contributed by atoms with Crippen LogP contribution in [0.2, 0.25) is 0 Å². The summed E-state index contributed by atoms with van der Waals surface area (Å²) in [6.45, 7) is 4.79. The highest BCUT2D eigenvalue weighted by Gasteiger charge is 2.20. The third kappa shape index (κ3) is 23.9. The number of hydrogen-bond donors (Lipinski definition) is 0. The van der Waals surface area contributed by atoms with Crippen molar-refractivity contribution in [2.75, 3.05) is 0 Å². The van der Waals surface area contributed by atoms with Gasteiger partial charge in [-0.3, -0.25) is 0 Å². The molecule has 0 amide bonds. The van der Waals surface area contributed by atoms with Crippen LogP contribution in [0.25, 0.3) is 0 Å².